The molecule has 0 saturated carbocycles. The van der Waals surface area contributed by atoms with E-state index in [1.165, 1.54) is 0 Å². The quantitative estimate of drug-likeness (QED) is 0.835. The number of imidazole rings is 1. The fourth-order valence-corrected chi connectivity index (χ4v) is 2.71. The third kappa shape index (κ3) is 3.65. The van der Waals surface area contributed by atoms with E-state index in [9.17, 15) is 4.79 Å². The van der Waals surface area contributed by atoms with Gasteiger partial charge in [0.05, 0.1) is 11.0 Å². The second-order valence-electron chi connectivity index (χ2n) is 6.24. The van der Waals surface area contributed by atoms with Crippen molar-refractivity contribution in [1.29, 1.82) is 0 Å². The smallest absolute Gasteiger partial charge is 0.251 e. The van der Waals surface area contributed by atoms with E-state index in [1.807, 2.05) is 39.2 Å². The number of nitrogens with zero attached hydrogens (tertiary/aromatic N) is 3. The third-order valence-electron chi connectivity index (χ3n) is 3.71. The van der Waals surface area contributed by atoms with Crippen LogP contribution in [0.15, 0.2) is 18.2 Å². The average molecular weight is 302 g/mol. The zero-order valence-corrected chi connectivity index (χ0v) is 14.2. The van der Waals surface area contributed by atoms with Crippen molar-refractivity contribution in [3.05, 3.63) is 29.6 Å². The van der Waals surface area contributed by atoms with Crippen molar-refractivity contribution in [3.63, 3.8) is 0 Å². The van der Waals surface area contributed by atoms with Gasteiger partial charge in [-0.1, -0.05) is 0 Å². The Balaban J connectivity index is 2.11. The van der Waals surface area contributed by atoms with Crippen LogP contribution >= 0.6 is 0 Å². The Morgan fingerprint density at radius 2 is 2.09 bits per heavy atom. The predicted molar refractivity (Wildman–Crippen MR) is 90.4 cm³/mol. The SMILES string of the molecule is Cc1nc2cc(C(=O)NCCCN(C)C)ccc2n1C(C)C. The first-order chi connectivity index (χ1) is 10.4. The van der Waals surface area contributed by atoms with Gasteiger partial charge >= 0.3 is 0 Å². The molecule has 1 heterocycles. The molecule has 1 aromatic carbocycles. The van der Waals surface area contributed by atoms with E-state index in [1.54, 1.807) is 0 Å². The summed E-state index contributed by atoms with van der Waals surface area (Å²) in [6, 6.07) is 6.10. The van der Waals surface area contributed by atoms with E-state index < -0.39 is 0 Å². The van der Waals surface area contributed by atoms with Crippen LogP contribution in [-0.2, 0) is 0 Å². The summed E-state index contributed by atoms with van der Waals surface area (Å²) in [5, 5.41) is 2.96. The molecule has 1 N–H and O–H groups in total. The molecular formula is C17H26N4O. The minimum atomic E-state index is -0.0302. The van der Waals surface area contributed by atoms with Crippen molar-refractivity contribution in [1.82, 2.24) is 19.8 Å². The Kier molecular flexibility index (Phi) is 5.19. The van der Waals surface area contributed by atoms with Crippen LogP contribution < -0.4 is 5.32 Å². The molecule has 0 unspecified atom stereocenters. The van der Waals surface area contributed by atoms with E-state index in [0.717, 1.165) is 29.8 Å². The van der Waals surface area contributed by atoms with Crippen LogP contribution in [0, 0.1) is 6.92 Å². The summed E-state index contributed by atoms with van der Waals surface area (Å²) < 4.78 is 2.19. The van der Waals surface area contributed by atoms with E-state index in [2.05, 4.69) is 33.6 Å². The van der Waals surface area contributed by atoms with Gasteiger partial charge in [-0.15, -0.1) is 0 Å². The van der Waals surface area contributed by atoms with Gasteiger partial charge in [-0.3, -0.25) is 4.79 Å². The molecule has 0 spiro atoms. The summed E-state index contributed by atoms with van der Waals surface area (Å²) in [5.41, 5.74) is 2.63. The second-order valence-corrected chi connectivity index (χ2v) is 6.24. The van der Waals surface area contributed by atoms with Gasteiger partial charge in [0.25, 0.3) is 5.91 Å². The number of amides is 1. The number of hydrogen-bond acceptors (Lipinski definition) is 3. The molecule has 0 aliphatic rings. The van der Waals surface area contributed by atoms with E-state index in [-0.39, 0.29) is 5.91 Å². The first-order valence-electron chi connectivity index (χ1n) is 7.81. The number of nitrogens with one attached hydrogen (secondary N) is 1. The molecule has 2 rings (SSSR count). The van der Waals surface area contributed by atoms with Crippen LogP contribution in [0.2, 0.25) is 0 Å². The number of aromatic nitrogens is 2. The number of aryl methyl sites for hydroxylation is 1. The van der Waals surface area contributed by atoms with Gasteiger partial charge in [-0.05, 0) is 66.0 Å². The number of hydrogen-bond donors (Lipinski definition) is 1. The minimum Gasteiger partial charge on any atom is -0.352 e. The Labute approximate surface area is 132 Å². The topological polar surface area (TPSA) is 50.2 Å². The normalized spacial score (nSPS) is 11.6. The molecule has 0 aliphatic carbocycles. The van der Waals surface area contributed by atoms with Crippen LogP contribution in [0.3, 0.4) is 0 Å². The zero-order chi connectivity index (χ0) is 16.3. The van der Waals surface area contributed by atoms with Gasteiger partial charge in [-0.25, -0.2) is 4.98 Å². The summed E-state index contributed by atoms with van der Waals surface area (Å²) in [7, 11) is 4.06. The van der Waals surface area contributed by atoms with Crippen molar-refractivity contribution in [2.45, 2.75) is 33.2 Å². The predicted octanol–water partition coefficient (Wildman–Crippen LogP) is 2.61. The van der Waals surface area contributed by atoms with E-state index in [0.29, 0.717) is 18.2 Å². The number of benzene rings is 1. The van der Waals surface area contributed by atoms with Crippen molar-refractivity contribution in [3.8, 4) is 0 Å². The second kappa shape index (κ2) is 6.92. The Morgan fingerprint density at radius 3 is 2.73 bits per heavy atom. The number of rotatable bonds is 6. The molecule has 0 radical (unpaired) electrons. The largest absolute Gasteiger partial charge is 0.352 e. The lowest BCUT2D eigenvalue weighted by atomic mass is 10.2. The molecule has 22 heavy (non-hydrogen) atoms. The third-order valence-corrected chi connectivity index (χ3v) is 3.71. The Morgan fingerprint density at radius 1 is 1.36 bits per heavy atom. The number of carbonyl (C=O) groups is 1. The van der Waals surface area contributed by atoms with Crippen LogP contribution in [0.5, 0.6) is 0 Å². The van der Waals surface area contributed by atoms with Gasteiger partial charge in [-0.2, -0.15) is 0 Å². The molecule has 0 bridgehead atoms. The monoisotopic (exact) mass is 302 g/mol. The summed E-state index contributed by atoms with van der Waals surface area (Å²) in [6.45, 7) is 7.94. The lowest BCUT2D eigenvalue weighted by Crippen LogP contribution is -2.27. The van der Waals surface area contributed by atoms with E-state index >= 15 is 0 Å². The first-order valence-corrected chi connectivity index (χ1v) is 7.81. The fourth-order valence-electron chi connectivity index (χ4n) is 2.71. The summed E-state index contributed by atoms with van der Waals surface area (Å²) in [5.74, 6) is 0.950. The highest BCUT2D eigenvalue weighted by molar-refractivity contribution is 5.97. The van der Waals surface area contributed by atoms with Crippen LogP contribution in [0.1, 0.15) is 42.5 Å². The Bertz CT molecular complexity index is 658. The highest BCUT2D eigenvalue weighted by atomic mass is 16.1. The lowest BCUT2D eigenvalue weighted by molar-refractivity contribution is 0.0952. The maximum absolute atomic E-state index is 12.2. The van der Waals surface area contributed by atoms with Gasteiger partial charge in [0.15, 0.2) is 0 Å². The molecule has 120 valence electrons. The molecule has 0 saturated heterocycles. The summed E-state index contributed by atoms with van der Waals surface area (Å²) in [4.78, 5) is 18.9. The van der Waals surface area contributed by atoms with Crippen molar-refractivity contribution in [2.75, 3.05) is 27.2 Å². The highest BCUT2D eigenvalue weighted by Crippen LogP contribution is 2.21. The van der Waals surface area contributed by atoms with Gasteiger partial charge in [0.1, 0.15) is 5.82 Å². The van der Waals surface area contributed by atoms with Crippen molar-refractivity contribution < 1.29 is 4.79 Å². The number of carbonyl (C=O) groups excluding carboxylic acids is 1. The zero-order valence-electron chi connectivity index (χ0n) is 14.2. The highest BCUT2D eigenvalue weighted by Gasteiger charge is 2.12. The van der Waals surface area contributed by atoms with Crippen LogP contribution in [-0.4, -0.2) is 47.5 Å². The molecule has 5 heteroatoms. The molecule has 2 aromatic rings. The van der Waals surface area contributed by atoms with Crippen LogP contribution in [0.4, 0.5) is 0 Å². The standard InChI is InChI=1S/C17H26N4O/c1-12(2)21-13(3)19-15-11-14(7-8-16(15)21)17(22)18-9-6-10-20(4)5/h7-8,11-12H,6,9-10H2,1-5H3,(H,18,22). The maximum atomic E-state index is 12.2. The summed E-state index contributed by atoms with van der Waals surface area (Å²) in [6.07, 6.45) is 0.946. The van der Waals surface area contributed by atoms with Gasteiger partial charge in [0.2, 0.25) is 0 Å². The van der Waals surface area contributed by atoms with Crippen LogP contribution in [0.25, 0.3) is 11.0 Å². The maximum Gasteiger partial charge on any atom is 0.251 e. The Hall–Kier alpha value is -1.88. The molecule has 0 aliphatic heterocycles. The fraction of sp³-hybridized carbons (Fsp3) is 0.529. The molecule has 0 atom stereocenters. The van der Waals surface area contributed by atoms with Gasteiger partial charge in [0, 0.05) is 18.2 Å². The van der Waals surface area contributed by atoms with Crippen molar-refractivity contribution in [2.24, 2.45) is 0 Å². The number of fused-ring (bicyclic) bond motifs is 1. The van der Waals surface area contributed by atoms with Gasteiger partial charge < -0.3 is 14.8 Å². The van der Waals surface area contributed by atoms with Crippen molar-refractivity contribution >= 4 is 16.9 Å². The first kappa shape index (κ1) is 16.5. The lowest BCUT2D eigenvalue weighted by Gasteiger charge is -2.11. The average Bonchev–Trinajstić information content (AvgIpc) is 2.77. The molecule has 5 nitrogen and oxygen atoms in total. The summed E-state index contributed by atoms with van der Waals surface area (Å²) >= 11 is 0. The molecule has 0 fully saturated rings. The minimum absolute atomic E-state index is 0.0302. The van der Waals surface area contributed by atoms with E-state index in [4.69, 9.17) is 0 Å². The molecule has 1 amide bonds. The molecular weight excluding hydrogens is 276 g/mol. The molecule has 1 aromatic heterocycles.